The van der Waals surface area contributed by atoms with E-state index in [2.05, 4.69) is 10.0 Å². The van der Waals surface area contributed by atoms with Gasteiger partial charge in [0, 0.05) is 16.8 Å². The molecule has 35 heavy (non-hydrogen) atoms. The lowest BCUT2D eigenvalue weighted by Crippen LogP contribution is -2.15. The van der Waals surface area contributed by atoms with Crippen LogP contribution in [-0.4, -0.2) is 19.3 Å². The molecule has 0 aliphatic carbocycles. The van der Waals surface area contributed by atoms with Crippen molar-refractivity contribution in [3.05, 3.63) is 108 Å². The fraction of sp³-hybridized carbons (Fsp3) is 0.0370. The van der Waals surface area contributed by atoms with Gasteiger partial charge in [0.15, 0.2) is 0 Å². The van der Waals surface area contributed by atoms with E-state index in [1.165, 1.54) is 6.07 Å². The lowest BCUT2D eigenvalue weighted by atomic mass is 10.1. The van der Waals surface area contributed by atoms with Crippen LogP contribution in [0.4, 0.5) is 11.4 Å². The molecule has 5 rings (SSSR count). The van der Waals surface area contributed by atoms with Crippen LogP contribution < -0.4 is 10.0 Å². The minimum atomic E-state index is -3.78. The van der Waals surface area contributed by atoms with Crippen LogP contribution in [0, 0.1) is 6.92 Å². The van der Waals surface area contributed by atoms with Crippen molar-refractivity contribution < 1.29 is 13.2 Å². The number of aryl methyl sites for hydroxylation is 1. The Hall–Kier alpha value is -4.01. The lowest BCUT2D eigenvalue weighted by molar-refractivity contribution is 0.102. The average Bonchev–Trinajstić information content (AvgIpc) is 3.29. The van der Waals surface area contributed by atoms with Crippen molar-refractivity contribution in [2.45, 2.75) is 11.8 Å². The van der Waals surface area contributed by atoms with E-state index >= 15 is 0 Å². The molecule has 8 heteroatoms. The summed E-state index contributed by atoms with van der Waals surface area (Å²) in [6.45, 7) is 1.89. The van der Waals surface area contributed by atoms with Gasteiger partial charge in [0.05, 0.1) is 20.8 Å². The third-order valence-corrected chi connectivity index (χ3v) is 7.87. The molecule has 2 N–H and O–H groups in total. The maximum Gasteiger partial charge on any atom is 0.261 e. The maximum absolute atomic E-state index is 13.1. The standard InChI is InChI=1S/C27H21N3O3S2/c1-18-13-15-21(16-14-18)35(32,33)30-20-8-6-7-19(17-20)26(31)28-23-10-3-2-9-22(23)27-29-24-11-4-5-12-25(24)34-27/h2-17,30H,1H3,(H,28,31). The van der Waals surface area contributed by atoms with Gasteiger partial charge in [-0.25, -0.2) is 13.4 Å². The lowest BCUT2D eigenvalue weighted by Gasteiger charge is -2.12. The molecule has 0 saturated heterocycles. The number of carbonyl (C=O) groups is 1. The predicted octanol–water partition coefficient (Wildman–Crippen LogP) is 6.32. The number of hydrogen-bond acceptors (Lipinski definition) is 5. The normalized spacial score (nSPS) is 11.3. The molecule has 0 radical (unpaired) electrons. The molecule has 0 saturated carbocycles. The van der Waals surface area contributed by atoms with Crippen LogP contribution in [0.2, 0.25) is 0 Å². The van der Waals surface area contributed by atoms with E-state index in [0.29, 0.717) is 16.9 Å². The monoisotopic (exact) mass is 499 g/mol. The number of para-hydroxylation sites is 2. The third kappa shape index (κ3) is 4.94. The Labute approximate surface area is 207 Å². The molecule has 174 valence electrons. The second-order valence-corrected chi connectivity index (χ2v) is 10.7. The number of sulfonamides is 1. The largest absolute Gasteiger partial charge is 0.321 e. The van der Waals surface area contributed by atoms with E-state index in [1.807, 2.05) is 55.5 Å². The number of rotatable bonds is 6. The molecule has 5 aromatic rings. The van der Waals surface area contributed by atoms with Gasteiger partial charge in [-0.1, -0.05) is 48.0 Å². The molecule has 0 unspecified atom stereocenters. The highest BCUT2D eigenvalue weighted by molar-refractivity contribution is 7.92. The van der Waals surface area contributed by atoms with Gasteiger partial charge < -0.3 is 5.32 Å². The van der Waals surface area contributed by atoms with Crippen LogP contribution in [0.1, 0.15) is 15.9 Å². The summed E-state index contributed by atoms with van der Waals surface area (Å²) in [5, 5.41) is 3.76. The highest BCUT2D eigenvalue weighted by atomic mass is 32.2. The number of benzene rings is 4. The van der Waals surface area contributed by atoms with Crippen LogP contribution >= 0.6 is 11.3 Å². The molecular formula is C27H21N3O3S2. The van der Waals surface area contributed by atoms with Gasteiger partial charge in [0.2, 0.25) is 0 Å². The highest BCUT2D eigenvalue weighted by Gasteiger charge is 2.16. The summed E-state index contributed by atoms with van der Waals surface area (Å²) in [6.07, 6.45) is 0. The maximum atomic E-state index is 13.1. The SMILES string of the molecule is Cc1ccc(S(=O)(=O)Nc2cccc(C(=O)Nc3ccccc3-c3nc4ccccc4s3)c2)cc1. The summed E-state index contributed by atoms with van der Waals surface area (Å²) in [5.74, 6) is -0.352. The van der Waals surface area contributed by atoms with Crippen molar-refractivity contribution in [3.63, 3.8) is 0 Å². The Balaban J connectivity index is 1.39. The summed E-state index contributed by atoms with van der Waals surface area (Å²) in [6, 6.07) is 28.3. The van der Waals surface area contributed by atoms with Crippen LogP contribution in [0.5, 0.6) is 0 Å². The summed E-state index contributed by atoms with van der Waals surface area (Å²) >= 11 is 1.56. The van der Waals surface area contributed by atoms with Gasteiger partial charge >= 0.3 is 0 Å². The van der Waals surface area contributed by atoms with E-state index in [-0.39, 0.29) is 10.8 Å². The molecule has 0 bridgehead atoms. The molecule has 6 nitrogen and oxygen atoms in total. The molecule has 4 aromatic carbocycles. The molecule has 0 atom stereocenters. The first kappa shape index (κ1) is 22.8. The quantitative estimate of drug-likeness (QED) is 0.286. The Morgan fingerprint density at radius 3 is 2.40 bits per heavy atom. The van der Waals surface area contributed by atoms with Gasteiger partial charge in [-0.2, -0.15) is 0 Å². The smallest absolute Gasteiger partial charge is 0.261 e. The fourth-order valence-corrected chi connectivity index (χ4v) is 5.67. The zero-order chi connectivity index (χ0) is 24.4. The van der Waals surface area contributed by atoms with E-state index < -0.39 is 10.0 Å². The van der Waals surface area contributed by atoms with Crippen molar-refractivity contribution in [3.8, 4) is 10.6 Å². The molecule has 1 aromatic heterocycles. The summed E-state index contributed by atoms with van der Waals surface area (Å²) in [5.41, 5.74) is 3.95. The fourth-order valence-electron chi connectivity index (χ4n) is 3.62. The Morgan fingerprint density at radius 2 is 1.60 bits per heavy atom. The van der Waals surface area contributed by atoms with Gasteiger partial charge in [-0.05, 0) is 61.5 Å². The first-order valence-electron chi connectivity index (χ1n) is 10.8. The topological polar surface area (TPSA) is 88.2 Å². The van der Waals surface area contributed by atoms with E-state index in [0.717, 1.165) is 26.4 Å². The zero-order valence-corrected chi connectivity index (χ0v) is 20.4. The van der Waals surface area contributed by atoms with Gasteiger partial charge in [0.1, 0.15) is 5.01 Å². The van der Waals surface area contributed by atoms with Crippen molar-refractivity contribution in [2.75, 3.05) is 10.0 Å². The number of anilines is 2. The number of hydrogen-bond donors (Lipinski definition) is 2. The summed E-state index contributed by atoms with van der Waals surface area (Å²) < 4.78 is 29.1. The number of thiazole rings is 1. The Kier molecular flexibility index (Phi) is 6.07. The van der Waals surface area contributed by atoms with Crippen LogP contribution in [0.15, 0.2) is 102 Å². The second kappa shape index (κ2) is 9.32. The van der Waals surface area contributed by atoms with Crippen molar-refractivity contribution in [2.24, 2.45) is 0 Å². The predicted molar refractivity (Wildman–Crippen MR) is 141 cm³/mol. The number of aromatic nitrogens is 1. The minimum Gasteiger partial charge on any atom is -0.321 e. The van der Waals surface area contributed by atoms with E-state index in [1.54, 1.807) is 53.8 Å². The van der Waals surface area contributed by atoms with Gasteiger partial charge in [-0.15, -0.1) is 11.3 Å². The van der Waals surface area contributed by atoms with Crippen LogP contribution in [0.3, 0.4) is 0 Å². The second-order valence-electron chi connectivity index (χ2n) is 7.99. The molecular weight excluding hydrogens is 478 g/mol. The Bertz CT molecular complexity index is 1610. The molecule has 0 spiro atoms. The van der Waals surface area contributed by atoms with Crippen molar-refractivity contribution >= 4 is 48.9 Å². The van der Waals surface area contributed by atoms with E-state index in [4.69, 9.17) is 4.98 Å². The van der Waals surface area contributed by atoms with Crippen LogP contribution in [0.25, 0.3) is 20.8 Å². The van der Waals surface area contributed by atoms with E-state index in [9.17, 15) is 13.2 Å². The molecule has 1 amide bonds. The molecule has 1 heterocycles. The summed E-state index contributed by atoms with van der Waals surface area (Å²) in [7, 11) is -3.78. The third-order valence-electron chi connectivity index (χ3n) is 5.41. The highest BCUT2D eigenvalue weighted by Crippen LogP contribution is 2.34. The zero-order valence-electron chi connectivity index (χ0n) is 18.7. The number of nitrogens with one attached hydrogen (secondary N) is 2. The number of nitrogens with zero attached hydrogens (tertiary/aromatic N) is 1. The summed E-state index contributed by atoms with van der Waals surface area (Å²) in [4.78, 5) is 17.9. The molecule has 0 fully saturated rings. The van der Waals surface area contributed by atoms with Gasteiger partial charge in [-0.3, -0.25) is 9.52 Å². The van der Waals surface area contributed by atoms with Crippen molar-refractivity contribution in [1.82, 2.24) is 4.98 Å². The number of amides is 1. The number of carbonyl (C=O) groups excluding carboxylic acids is 1. The molecule has 0 aliphatic heterocycles. The molecule has 0 aliphatic rings. The first-order valence-corrected chi connectivity index (χ1v) is 13.1. The minimum absolute atomic E-state index is 0.155. The van der Waals surface area contributed by atoms with Gasteiger partial charge in [0.25, 0.3) is 15.9 Å². The number of fused-ring (bicyclic) bond motifs is 1. The van der Waals surface area contributed by atoms with Crippen molar-refractivity contribution in [1.29, 1.82) is 0 Å². The Morgan fingerprint density at radius 1 is 0.857 bits per heavy atom. The first-order chi connectivity index (χ1) is 16.9. The average molecular weight is 500 g/mol. The van der Waals surface area contributed by atoms with Crippen LogP contribution in [-0.2, 0) is 10.0 Å².